The van der Waals surface area contributed by atoms with Crippen LogP contribution in [0.15, 0.2) is 30.3 Å². The van der Waals surface area contributed by atoms with E-state index < -0.39 is 0 Å². The summed E-state index contributed by atoms with van der Waals surface area (Å²) < 4.78 is 5.28. The second kappa shape index (κ2) is 5.68. The Kier molecular flexibility index (Phi) is 3.98. The van der Waals surface area contributed by atoms with Crippen molar-refractivity contribution in [2.45, 2.75) is 12.5 Å². The van der Waals surface area contributed by atoms with Crippen LogP contribution in [-0.4, -0.2) is 43.7 Å². The summed E-state index contributed by atoms with van der Waals surface area (Å²) in [6.45, 7) is 1.75. The molecule has 1 aliphatic rings. The largest absolute Gasteiger partial charge is 0.379 e. The molecule has 0 saturated carbocycles. The number of hydrogen-bond acceptors (Lipinski definition) is 3. The fraction of sp³-hybridized carbons (Fsp3) is 0.462. The number of likely N-dealkylation sites (N-methyl/N-ethyl adjacent to an activating group) is 1. The number of ether oxygens (including phenoxy) is 1. The summed E-state index contributed by atoms with van der Waals surface area (Å²) >= 11 is 0. The monoisotopic (exact) mass is 234 g/mol. The molecule has 4 nitrogen and oxygen atoms in total. The van der Waals surface area contributed by atoms with Gasteiger partial charge in [0, 0.05) is 19.3 Å². The molecule has 1 aromatic carbocycles. The van der Waals surface area contributed by atoms with Crippen molar-refractivity contribution in [1.29, 1.82) is 0 Å². The first kappa shape index (κ1) is 11.9. The van der Waals surface area contributed by atoms with Gasteiger partial charge in [-0.05, 0) is 18.6 Å². The summed E-state index contributed by atoms with van der Waals surface area (Å²) in [5.41, 5.74) is 0.969. The van der Waals surface area contributed by atoms with Crippen LogP contribution in [0.1, 0.15) is 6.42 Å². The highest BCUT2D eigenvalue weighted by Gasteiger charge is 2.23. The minimum atomic E-state index is 0.101. The van der Waals surface area contributed by atoms with Crippen molar-refractivity contribution in [2.75, 3.05) is 32.1 Å². The number of hydrogen-bond donors (Lipinski definition) is 1. The molecule has 1 aromatic rings. The second-order valence-corrected chi connectivity index (χ2v) is 4.24. The van der Waals surface area contributed by atoms with E-state index in [1.165, 1.54) is 0 Å². The van der Waals surface area contributed by atoms with Gasteiger partial charge >= 0.3 is 0 Å². The number of benzene rings is 1. The van der Waals surface area contributed by atoms with E-state index in [-0.39, 0.29) is 11.9 Å². The summed E-state index contributed by atoms with van der Waals surface area (Å²) in [4.78, 5) is 13.7. The normalized spacial score (nSPS) is 19.0. The topological polar surface area (TPSA) is 41.6 Å². The summed E-state index contributed by atoms with van der Waals surface area (Å²) in [6.07, 6.45) is 0.938. The second-order valence-electron chi connectivity index (χ2n) is 4.24. The zero-order valence-electron chi connectivity index (χ0n) is 10.1. The number of anilines is 1. The molecular formula is C13H18N2O2. The van der Waals surface area contributed by atoms with Gasteiger partial charge in [-0.1, -0.05) is 18.2 Å². The van der Waals surface area contributed by atoms with E-state index >= 15 is 0 Å². The molecular weight excluding hydrogens is 216 g/mol. The lowest BCUT2D eigenvalue weighted by Gasteiger charge is -2.23. The van der Waals surface area contributed by atoms with Crippen LogP contribution in [0.5, 0.6) is 0 Å². The maximum Gasteiger partial charge on any atom is 0.241 e. The van der Waals surface area contributed by atoms with Crippen LogP contribution in [0, 0.1) is 0 Å². The van der Waals surface area contributed by atoms with Crippen LogP contribution in [0.25, 0.3) is 0 Å². The molecule has 1 aliphatic heterocycles. The predicted octanol–water partition coefficient (Wildman–Crippen LogP) is 1.35. The summed E-state index contributed by atoms with van der Waals surface area (Å²) in [5, 5.41) is 3.12. The standard InChI is InChI=1S/C13H18N2O2/c1-15(12-7-8-17-10-12)13(16)9-14-11-5-3-2-4-6-11/h2-6,12,14H,7-10H2,1H3. The fourth-order valence-electron chi connectivity index (χ4n) is 1.89. The molecule has 1 saturated heterocycles. The van der Waals surface area contributed by atoms with Gasteiger partial charge in [0.2, 0.25) is 5.91 Å². The third-order valence-corrected chi connectivity index (χ3v) is 3.06. The summed E-state index contributed by atoms with van der Waals surface area (Å²) in [7, 11) is 1.84. The van der Waals surface area contributed by atoms with E-state index in [0.717, 1.165) is 18.7 Å². The van der Waals surface area contributed by atoms with Crippen LogP contribution < -0.4 is 5.32 Å². The highest BCUT2D eigenvalue weighted by molar-refractivity contribution is 5.80. The van der Waals surface area contributed by atoms with Gasteiger partial charge in [-0.25, -0.2) is 0 Å². The van der Waals surface area contributed by atoms with Gasteiger partial charge in [0.25, 0.3) is 0 Å². The Labute approximate surface area is 102 Å². The molecule has 2 rings (SSSR count). The Bertz CT molecular complexity index is 361. The van der Waals surface area contributed by atoms with E-state index in [4.69, 9.17) is 4.74 Å². The number of amides is 1. The zero-order chi connectivity index (χ0) is 12.1. The average molecular weight is 234 g/mol. The first-order valence-electron chi connectivity index (χ1n) is 5.89. The van der Waals surface area contributed by atoms with Crippen LogP contribution >= 0.6 is 0 Å². The van der Waals surface area contributed by atoms with Gasteiger partial charge in [0.1, 0.15) is 0 Å². The SMILES string of the molecule is CN(C(=O)CNc1ccccc1)C1CCOC1. The lowest BCUT2D eigenvalue weighted by atomic mass is 10.2. The summed E-state index contributed by atoms with van der Waals surface area (Å²) in [5.74, 6) is 0.101. The average Bonchev–Trinajstić information content (AvgIpc) is 2.90. The van der Waals surface area contributed by atoms with E-state index in [1.54, 1.807) is 4.90 Å². The maximum absolute atomic E-state index is 11.9. The van der Waals surface area contributed by atoms with E-state index in [1.807, 2.05) is 37.4 Å². The van der Waals surface area contributed by atoms with Crippen LogP contribution in [-0.2, 0) is 9.53 Å². The quantitative estimate of drug-likeness (QED) is 0.855. The maximum atomic E-state index is 11.9. The summed E-state index contributed by atoms with van der Waals surface area (Å²) in [6, 6.07) is 9.98. The first-order chi connectivity index (χ1) is 8.27. The van der Waals surface area contributed by atoms with Gasteiger partial charge in [-0.15, -0.1) is 0 Å². The van der Waals surface area contributed by atoms with Gasteiger partial charge < -0.3 is 15.0 Å². The van der Waals surface area contributed by atoms with Crippen molar-refractivity contribution in [3.05, 3.63) is 30.3 Å². The van der Waals surface area contributed by atoms with Crippen molar-refractivity contribution in [3.8, 4) is 0 Å². The molecule has 1 unspecified atom stereocenters. The number of nitrogens with zero attached hydrogens (tertiary/aromatic N) is 1. The number of carbonyl (C=O) groups is 1. The predicted molar refractivity (Wildman–Crippen MR) is 66.9 cm³/mol. The Balaban J connectivity index is 1.80. The Morgan fingerprint density at radius 1 is 1.47 bits per heavy atom. The van der Waals surface area contributed by atoms with E-state index in [2.05, 4.69) is 5.32 Å². The zero-order valence-corrected chi connectivity index (χ0v) is 10.1. The molecule has 1 amide bonds. The van der Waals surface area contributed by atoms with E-state index in [0.29, 0.717) is 13.2 Å². The number of rotatable bonds is 4. The molecule has 17 heavy (non-hydrogen) atoms. The van der Waals surface area contributed by atoms with Gasteiger partial charge in [-0.3, -0.25) is 4.79 Å². The third-order valence-electron chi connectivity index (χ3n) is 3.06. The van der Waals surface area contributed by atoms with Crippen molar-refractivity contribution in [3.63, 3.8) is 0 Å². The van der Waals surface area contributed by atoms with Crippen LogP contribution in [0.2, 0.25) is 0 Å². The molecule has 0 spiro atoms. The van der Waals surface area contributed by atoms with Gasteiger partial charge in [-0.2, -0.15) is 0 Å². The number of nitrogens with one attached hydrogen (secondary N) is 1. The Morgan fingerprint density at radius 2 is 2.24 bits per heavy atom. The van der Waals surface area contributed by atoms with Gasteiger partial charge in [0.15, 0.2) is 0 Å². The lowest BCUT2D eigenvalue weighted by Crippen LogP contribution is -2.40. The van der Waals surface area contributed by atoms with Crippen molar-refractivity contribution in [2.24, 2.45) is 0 Å². The molecule has 1 fully saturated rings. The van der Waals surface area contributed by atoms with Crippen molar-refractivity contribution >= 4 is 11.6 Å². The minimum absolute atomic E-state index is 0.101. The molecule has 0 bridgehead atoms. The van der Waals surface area contributed by atoms with Crippen LogP contribution in [0.4, 0.5) is 5.69 Å². The van der Waals surface area contributed by atoms with E-state index in [9.17, 15) is 4.79 Å². The lowest BCUT2D eigenvalue weighted by molar-refractivity contribution is -0.130. The number of para-hydroxylation sites is 1. The fourth-order valence-corrected chi connectivity index (χ4v) is 1.89. The minimum Gasteiger partial charge on any atom is -0.379 e. The Hall–Kier alpha value is -1.55. The molecule has 1 heterocycles. The molecule has 1 atom stereocenters. The molecule has 92 valence electrons. The third kappa shape index (κ3) is 3.20. The molecule has 0 radical (unpaired) electrons. The smallest absolute Gasteiger partial charge is 0.241 e. The molecule has 1 N–H and O–H groups in total. The highest BCUT2D eigenvalue weighted by Crippen LogP contribution is 2.11. The molecule has 0 aromatic heterocycles. The first-order valence-corrected chi connectivity index (χ1v) is 5.89. The van der Waals surface area contributed by atoms with Crippen molar-refractivity contribution < 1.29 is 9.53 Å². The van der Waals surface area contributed by atoms with Gasteiger partial charge in [0.05, 0.1) is 19.2 Å². The molecule has 0 aliphatic carbocycles. The number of carbonyl (C=O) groups excluding carboxylic acids is 1. The van der Waals surface area contributed by atoms with Crippen molar-refractivity contribution in [1.82, 2.24) is 4.90 Å². The molecule has 4 heteroatoms. The Morgan fingerprint density at radius 3 is 2.88 bits per heavy atom. The van der Waals surface area contributed by atoms with Crippen LogP contribution in [0.3, 0.4) is 0 Å². The highest BCUT2D eigenvalue weighted by atomic mass is 16.5.